The van der Waals surface area contributed by atoms with Crippen molar-refractivity contribution in [3.8, 4) is 5.75 Å². The van der Waals surface area contributed by atoms with Crippen LogP contribution in [0.1, 0.15) is 18.1 Å². The molecule has 2 rings (SSSR count). The number of nitrogens with two attached hydrogens (primary N) is 1. The molecule has 0 spiro atoms. The molecule has 0 heterocycles. The lowest BCUT2D eigenvalue weighted by molar-refractivity contribution is -0.132. The number of benzene rings is 2. The number of hydrogen-bond donors (Lipinski definition) is 1. The first kappa shape index (κ1) is 20.0. The average molecular weight is 349 g/mol. The molecule has 0 aliphatic heterocycles. The molecule has 0 saturated carbocycles. The van der Waals surface area contributed by atoms with Crippen molar-refractivity contribution in [3.63, 3.8) is 0 Å². The summed E-state index contributed by atoms with van der Waals surface area (Å²) in [6.07, 6.45) is 0.787. The van der Waals surface area contributed by atoms with Crippen LogP contribution >= 0.6 is 12.4 Å². The molecule has 0 aliphatic rings. The summed E-state index contributed by atoms with van der Waals surface area (Å²) in [6, 6.07) is 17.4. The lowest BCUT2D eigenvalue weighted by atomic mass is 10.1. The van der Waals surface area contributed by atoms with Crippen molar-refractivity contribution in [1.29, 1.82) is 0 Å². The maximum atomic E-state index is 12.3. The zero-order valence-electron chi connectivity index (χ0n) is 14.1. The number of halogens is 1. The zero-order chi connectivity index (χ0) is 16.7. The third-order valence-electron chi connectivity index (χ3n) is 3.75. The predicted octanol–water partition coefficient (Wildman–Crippen LogP) is 3.04. The predicted molar refractivity (Wildman–Crippen MR) is 99.5 cm³/mol. The second kappa shape index (κ2) is 9.96. The van der Waals surface area contributed by atoms with Gasteiger partial charge in [0.2, 0.25) is 5.91 Å². The molecular weight excluding hydrogens is 324 g/mol. The van der Waals surface area contributed by atoms with E-state index in [0.29, 0.717) is 13.1 Å². The van der Waals surface area contributed by atoms with E-state index in [1.165, 1.54) is 5.56 Å². The minimum Gasteiger partial charge on any atom is -0.497 e. The Morgan fingerprint density at radius 1 is 1.08 bits per heavy atom. The maximum absolute atomic E-state index is 12.3. The van der Waals surface area contributed by atoms with Gasteiger partial charge >= 0.3 is 0 Å². The Labute approximate surface area is 150 Å². The minimum absolute atomic E-state index is 0. The summed E-state index contributed by atoms with van der Waals surface area (Å²) in [5.74, 6) is 0.809. The Bertz CT molecular complexity index is 615. The van der Waals surface area contributed by atoms with Crippen molar-refractivity contribution in [2.75, 3.05) is 13.7 Å². The molecule has 1 amide bonds. The molecule has 130 valence electrons. The second-order valence-corrected chi connectivity index (χ2v) is 5.63. The van der Waals surface area contributed by atoms with Crippen LogP contribution in [0.2, 0.25) is 0 Å². The molecule has 0 saturated heterocycles. The first-order valence-corrected chi connectivity index (χ1v) is 7.81. The number of carbonyl (C=O) groups excluding carboxylic acids is 1. The van der Waals surface area contributed by atoms with Crippen molar-refractivity contribution in [1.82, 2.24) is 4.90 Å². The SMILES string of the molecule is COc1ccc(CCN(Cc2ccccc2)C(=O)[C@H](C)N)cc1.Cl. The number of carbonyl (C=O) groups is 1. The van der Waals surface area contributed by atoms with E-state index in [4.69, 9.17) is 10.5 Å². The van der Waals surface area contributed by atoms with Gasteiger partial charge in [-0.25, -0.2) is 0 Å². The van der Waals surface area contributed by atoms with Gasteiger partial charge in [0.25, 0.3) is 0 Å². The Balaban J connectivity index is 0.00000288. The number of methoxy groups -OCH3 is 1. The van der Waals surface area contributed by atoms with E-state index in [2.05, 4.69) is 0 Å². The molecule has 0 fully saturated rings. The molecule has 2 N–H and O–H groups in total. The lowest BCUT2D eigenvalue weighted by Crippen LogP contribution is -2.42. The van der Waals surface area contributed by atoms with Crippen LogP contribution in [0.25, 0.3) is 0 Å². The fourth-order valence-corrected chi connectivity index (χ4v) is 2.42. The number of ether oxygens (including phenoxy) is 1. The van der Waals surface area contributed by atoms with Gasteiger partial charge in [0.05, 0.1) is 13.2 Å². The molecule has 4 nitrogen and oxygen atoms in total. The largest absolute Gasteiger partial charge is 0.497 e. The van der Waals surface area contributed by atoms with Crippen LogP contribution in [0.4, 0.5) is 0 Å². The minimum atomic E-state index is -0.491. The highest BCUT2D eigenvalue weighted by Gasteiger charge is 2.17. The summed E-state index contributed by atoms with van der Waals surface area (Å²) < 4.78 is 5.16. The summed E-state index contributed by atoms with van der Waals surface area (Å²) in [7, 11) is 1.65. The summed E-state index contributed by atoms with van der Waals surface area (Å²) in [5.41, 5.74) is 8.07. The van der Waals surface area contributed by atoms with E-state index < -0.39 is 6.04 Å². The topological polar surface area (TPSA) is 55.6 Å². The molecule has 5 heteroatoms. The molecule has 0 unspecified atom stereocenters. The van der Waals surface area contributed by atoms with Crippen LogP contribution in [0.15, 0.2) is 54.6 Å². The Morgan fingerprint density at radius 2 is 1.71 bits per heavy atom. The van der Waals surface area contributed by atoms with Crippen LogP contribution < -0.4 is 10.5 Å². The molecular formula is C19H25ClN2O2. The molecule has 2 aromatic carbocycles. The Hall–Kier alpha value is -2.04. The smallest absolute Gasteiger partial charge is 0.239 e. The number of hydrogen-bond acceptors (Lipinski definition) is 3. The van der Waals surface area contributed by atoms with Gasteiger partial charge in [-0.05, 0) is 36.6 Å². The van der Waals surface area contributed by atoms with E-state index >= 15 is 0 Å². The van der Waals surface area contributed by atoms with Crippen LogP contribution in [0.3, 0.4) is 0 Å². The highest BCUT2D eigenvalue weighted by molar-refractivity contribution is 5.85. The first-order valence-electron chi connectivity index (χ1n) is 7.81. The van der Waals surface area contributed by atoms with Crippen LogP contribution in [-0.2, 0) is 17.8 Å². The first-order chi connectivity index (χ1) is 11.1. The van der Waals surface area contributed by atoms with Crippen molar-refractivity contribution in [2.24, 2.45) is 5.73 Å². The summed E-state index contributed by atoms with van der Waals surface area (Å²) >= 11 is 0. The van der Waals surface area contributed by atoms with E-state index in [9.17, 15) is 4.79 Å². The van der Waals surface area contributed by atoms with E-state index in [1.807, 2.05) is 59.5 Å². The van der Waals surface area contributed by atoms with Gasteiger partial charge in [0.1, 0.15) is 5.75 Å². The van der Waals surface area contributed by atoms with Crippen LogP contribution in [0.5, 0.6) is 5.75 Å². The van der Waals surface area contributed by atoms with Crippen molar-refractivity contribution < 1.29 is 9.53 Å². The molecule has 0 bridgehead atoms. The lowest BCUT2D eigenvalue weighted by Gasteiger charge is -2.24. The quantitative estimate of drug-likeness (QED) is 0.836. The molecule has 2 aromatic rings. The van der Waals surface area contributed by atoms with Crippen molar-refractivity contribution >= 4 is 18.3 Å². The number of rotatable bonds is 7. The second-order valence-electron chi connectivity index (χ2n) is 5.63. The molecule has 0 aromatic heterocycles. The summed E-state index contributed by atoms with van der Waals surface area (Å²) in [4.78, 5) is 14.2. The van der Waals surface area contributed by atoms with Gasteiger partial charge in [0.15, 0.2) is 0 Å². The molecule has 0 aliphatic carbocycles. The Morgan fingerprint density at radius 3 is 2.25 bits per heavy atom. The molecule has 1 atom stereocenters. The molecule has 24 heavy (non-hydrogen) atoms. The Kier molecular flexibility index (Phi) is 8.30. The van der Waals surface area contributed by atoms with Gasteiger partial charge < -0.3 is 15.4 Å². The van der Waals surface area contributed by atoms with E-state index in [0.717, 1.165) is 17.7 Å². The van der Waals surface area contributed by atoms with E-state index in [1.54, 1.807) is 14.0 Å². The van der Waals surface area contributed by atoms with Crippen LogP contribution in [0, 0.1) is 0 Å². The highest BCUT2D eigenvalue weighted by Crippen LogP contribution is 2.13. The normalized spacial score (nSPS) is 11.3. The summed E-state index contributed by atoms with van der Waals surface area (Å²) in [6.45, 7) is 2.95. The van der Waals surface area contributed by atoms with Crippen LogP contribution in [-0.4, -0.2) is 30.5 Å². The van der Waals surface area contributed by atoms with Gasteiger partial charge in [-0.1, -0.05) is 42.5 Å². The maximum Gasteiger partial charge on any atom is 0.239 e. The van der Waals surface area contributed by atoms with E-state index in [-0.39, 0.29) is 18.3 Å². The van der Waals surface area contributed by atoms with Gasteiger partial charge in [0, 0.05) is 13.1 Å². The van der Waals surface area contributed by atoms with Gasteiger partial charge in [-0.15, -0.1) is 12.4 Å². The fraction of sp³-hybridized carbons (Fsp3) is 0.316. The fourth-order valence-electron chi connectivity index (χ4n) is 2.42. The average Bonchev–Trinajstić information content (AvgIpc) is 2.59. The van der Waals surface area contributed by atoms with Crippen molar-refractivity contribution in [3.05, 3.63) is 65.7 Å². The monoisotopic (exact) mass is 348 g/mol. The standard InChI is InChI=1S/C19H24N2O2.ClH/c1-15(20)19(22)21(14-17-6-4-3-5-7-17)13-12-16-8-10-18(23-2)11-9-16;/h3-11,15H,12-14,20H2,1-2H3;1H/t15-;/m0./s1. The van der Waals surface area contributed by atoms with Crippen molar-refractivity contribution in [2.45, 2.75) is 25.9 Å². The number of amides is 1. The number of nitrogens with zero attached hydrogens (tertiary/aromatic N) is 1. The van der Waals surface area contributed by atoms with Gasteiger partial charge in [-0.3, -0.25) is 4.79 Å². The third kappa shape index (κ3) is 5.87. The highest BCUT2D eigenvalue weighted by atomic mass is 35.5. The third-order valence-corrected chi connectivity index (χ3v) is 3.75. The molecule has 0 radical (unpaired) electrons. The van der Waals surface area contributed by atoms with Gasteiger partial charge in [-0.2, -0.15) is 0 Å². The zero-order valence-corrected chi connectivity index (χ0v) is 15.0. The summed E-state index contributed by atoms with van der Waals surface area (Å²) in [5, 5.41) is 0.